The summed E-state index contributed by atoms with van der Waals surface area (Å²) in [6.45, 7) is 6.31. The molecule has 0 aliphatic carbocycles. The van der Waals surface area contributed by atoms with Gasteiger partial charge < -0.3 is 15.2 Å². The van der Waals surface area contributed by atoms with Gasteiger partial charge in [-0.2, -0.15) is 4.98 Å². The van der Waals surface area contributed by atoms with Crippen molar-refractivity contribution in [3.05, 3.63) is 17.3 Å². The number of fused-ring (bicyclic) bond motifs is 1. The Labute approximate surface area is 123 Å². The Morgan fingerprint density at radius 3 is 3.00 bits per heavy atom. The Morgan fingerprint density at radius 2 is 2.30 bits per heavy atom. The molecule has 0 bridgehead atoms. The summed E-state index contributed by atoms with van der Waals surface area (Å²) in [5, 5.41) is 14.4. The molecule has 0 aromatic carbocycles. The zero-order chi connectivity index (χ0) is 14.6. The number of aromatic nitrogens is 2. The van der Waals surface area contributed by atoms with Crippen molar-refractivity contribution in [3.8, 4) is 5.88 Å². The smallest absolute Gasteiger partial charge is 0.237 e. The fourth-order valence-electron chi connectivity index (χ4n) is 2.30. The lowest BCUT2D eigenvalue weighted by atomic mass is 9.88. The van der Waals surface area contributed by atoms with Gasteiger partial charge in [-0.05, 0) is 18.3 Å². The van der Waals surface area contributed by atoms with Crippen molar-refractivity contribution in [1.29, 1.82) is 0 Å². The highest BCUT2D eigenvalue weighted by atomic mass is 32.1. The van der Waals surface area contributed by atoms with Crippen molar-refractivity contribution in [2.24, 2.45) is 5.41 Å². The van der Waals surface area contributed by atoms with Crippen LogP contribution in [-0.4, -0.2) is 34.8 Å². The second-order valence-corrected chi connectivity index (χ2v) is 6.59. The van der Waals surface area contributed by atoms with Gasteiger partial charge in [-0.1, -0.05) is 13.8 Å². The van der Waals surface area contributed by atoms with Crippen molar-refractivity contribution in [1.82, 2.24) is 14.7 Å². The number of thiazole rings is 1. The van der Waals surface area contributed by atoms with Crippen molar-refractivity contribution >= 4 is 16.3 Å². The third kappa shape index (κ3) is 3.50. The van der Waals surface area contributed by atoms with E-state index in [-0.39, 0.29) is 12.0 Å². The molecule has 0 aliphatic rings. The van der Waals surface area contributed by atoms with E-state index in [2.05, 4.69) is 28.5 Å². The molecule has 2 heterocycles. The van der Waals surface area contributed by atoms with Crippen LogP contribution in [0.4, 0.5) is 0 Å². The van der Waals surface area contributed by atoms with Crippen LogP contribution in [0.1, 0.15) is 32.4 Å². The number of aliphatic hydroxyl groups excluding tert-OH is 1. The Hall–Kier alpha value is -1.11. The third-order valence-corrected chi connectivity index (χ3v) is 4.18. The first kappa shape index (κ1) is 15.3. The predicted molar refractivity (Wildman–Crippen MR) is 81.4 cm³/mol. The van der Waals surface area contributed by atoms with Gasteiger partial charge in [0.1, 0.15) is 5.69 Å². The van der Waals surface area contributed by atoms with Crippen molar-refractivity contribution in [2.75, 3.05) is 20.3 Å². The second-order valence-electron chi connectivity index (χ2n) is 5.72. The van der Waals surface area contributed by atoms with Crippen LogP contribution in [0.15, 0.2) is 11.6 Å². The molecular weight excluding hydrogens is 274 g/mol. The summed E-state index contributed by atoms with van der Waals surface area (Å²) in [4.78, 5) is 5.40. The van der Waals surface area contributed by atoms with E-state index >= 15 is 0 Å². The summed E-state index contributed by atoms with van der Waals surface area (Å²) < 4.78 is 7.40. The van der Waals surface area contributed by atoms with Gasteiger partial charge in [0.05, 0.1) is 7.11 Å². The molecule has 0 unspecified atom stereocenters. The molecule has 0 amide bonds. The molecule has 0 saturated heterocycles. The van der Waals surface area contributed by atoms with Gasteiger partial charge in [0.25, 0.3) is 0 Å². The summed E-state index contributed by atoms with van der Waals surface area (Å²) in [7, 11) is 1.65. The normalized spacial score (nSPS) is 12.2. The number of nitrogens with zero attached hydrogens (tertiary/aromatic N) is 2. The largest absolute Gasteiger partial charge is 0.480 e. The average Bonchev–Trinajstić information content (AvgIpc) is 2.98. The van der Waals surface area contributed by atoms with Gasteiger partial charge in [0.15, 0.2) is 4.96 Å². The number of imidazole rings is 1. The first-order valence-electron chi connectivity index (χ1n) is 6.87. The zero-order valence-corrected chi connectivity index (χ0v) is 13.2. The monoisotopic (exact) mass is 297 g/mol. The van der Waals surface area contributed by atoms with Gasteiger partial charge in [0, 0.05) is 31.3 Å². The van der Waals surface area contributed by atoms with Crippen LogP contribution in [0, 0.1) is 5.41 Å². The fraction of sp³-hybridized carbons (Fsp3) is 0.643. The highest BCUT2D eigenvalue weighted by Crippen LogP contribution is 2.24. The minimum absolute atomic E-state index is 0.175. The molecule has 2 aromatic heterocycles. The lowest BCUT2D eigenvalue weighted by Gasteiger charge is -2.24. The summed E-state index contributed by atoms with van der Waals surface area (Å²) in [5.74, 6) is 0.692. The minimum Gasteiger partial charge on any atom is -0.480 e. The molecule has 0 atom stereocenters. The van der Waals surface area contributed by atoms with Crippen LogP contribution in [0.5, 0.6) is 5.88 Å². The molecule has 112 valence electrons. The molecule has 0 fully saturated rings. The molecule has 2 N–H and O–H groups in total. The van der Waals surface area contributed by atoms with E-state index in [1.807, 2.05) is 11.6 Å². The first-order chi connectivity index (χ1) is 9.57. The van der Waals surface area contributed by atoms with Crippen LogP contribution in [-0.2, 0) is 6.54 Å². The van der Waals surface area contributed by atoms with E-state index in [0.29, 0.717) is 5.88 Å². The Morgan fingerprint density at radius 1 is 1.50 bits per heavy atom. The summed E-state index contributed by atoms with van der Waals surface area (Å²) in [6, 6.07) is 0. The molecule has 0 aliphatic heterocycles. The van der Waals surface area contributed by atoms with Crippen LogP contribution >= 0.6 is 11.3 Å². The standard InChI is InChI=1S/C14H23N3O2S/c1-14(2,5-4-7-18)10-15-9-11-12(19-3)16-13-17(11)6-8-20-13/h6,8,15,18H,4-5,7,9-10H2,1-3H3. The molecular formula is C14H23N3O2S. The number of rotatable bonds is 8. The van der Waals surface area contributed by atoms with E-state index in [1.165, 1.54) is 0 Å². The maximum atomic E-state index is 8.92. The van der Waals surface area contributed by atoms with E-state index in [1.54, 1.807) is 18.4 Å². The maximum absolute atomic E-state index is 8.92. The van der Waals surface area contributed by atoms with Gasteiger partial charge in [-0.25, -0.2) is 0 Å². The van der Waals surface area contributed by atoms with Crippen LogP contribution < -0.4 is 10.1 Å². The van der Waals surface area contributed by atoms with E-state index in [0.717, 1.165) is 36.6 Å². The maximum Gasteiger partial charge on any atom is 0.237 e. The number of hydrogen-bond acceptors (Lipinski definition) is 5. The fourth-order valence-corrected chi connectivity index (χ4v) is 3.03. The van der Waals surface area contributed by atoms with Crippen LogP contribution in [0.2, 0.25) is 0 Å². The van der Waals surface area contributed by atoms with Gasteiger partial charge in [-0.3, -0.25) is 4.40 Å². The lowest BCUT2D eigenvalue weighted by Crippen LogP contribution is -2.29. The van der Waals surface area contributed by atoms with E-state index in [9.17, 15) is 0 Å². The lowest BCUT2D eigenvalue weighted by molar-refractivity contribution is 0.236. The summed E-state index contributed by atoms with van der Waals surface area (Å²) >= 11 is 1.60. The van der Waals surface area contributed by atoms with Crippen LogP contribution in [0.3, 0.4) is 0 Å². The van der Waals surface area contributed by atoms with Gasteiger partial charge in [0.2, 0.25) is 5.88 Å². The molecule has 2 rings (SSSR count). The molecule has 0 saturated carbocycles. The molecule has 0 radical (unpaired) electrons. The topological polar surface area (TPSA) is 58.8 Å². The molecule has 6 heteroatoms. The number of aliphatic hydroxyl groups is 1. The number of ether oxygens (including phenoxy) is 1. The SMILES string of the molecule is COc1nc2sccn2c1CNCC(C)(C)CCCO. The third-order valence-electron chi connectivity index (χ3n) is 3.43. The summed E-state index contributed by atoms with van der Waals surface area (Å²) in [6.07, 6.45) is 3.87. The zero-order valence-electron chi connectivity index (χ0n) is 12.3. The number of hydrogen-bond donors (Lipinski definition) is 2. The highest BCUT2D eigenvalue weighted by molar-refractivity contribution is 7.15. The highest BCUT2D eigenvalue weighted by Gasteiger charge is 2.18. The predicted octanol–water partition coefficient (Wildman–Crippen LogP) is 2.29. The molecule has 5 nitrogen and oxygen atoms in total. The van der Waals surface area contributed by atoms with Crippen molar-refractivity contribution in [2.45, 2.75) is 33.2 Å². The Balaban J connectivity index is 1.97. The van der Waals surface area contributed by atoms with Gasteiger partial charge in [-0.15, -0.1) is 11.3 Å². The van der Waals surface area contributed by atoms with Crippen molar-refractivity contribution < 1.29 is 9.84 Å². The Kier molecular flexibility index (Phi) is 5.01. The second kappa shape index (κ2) is 6.56. The van der Waals surface area contributed by atoms with Crippen molar-refractivity contribution in [3.63, 3.8) is 0 Å². The number of nitrogens with one attached hydrogen (secondary N) is 1. The summed E-state index contributed by atoms with van der Waals surface area (Å²) in [5.41, 5.74) is 1.23. The molecule has 0 spiro atoms. The Bertz CT molecular complexity index is 548. The van der Waals surface area contributed by atoms with E-state index in [4.69, 9.17) is 9.84 Å². The average molecular weight is 297 g/mol. The quantitative estimate of drug-likeness (QED) is 0.785. The van der Waals surface area contributed by atoms with E-state index < -0.39 is 0 Å². The molecule has 20 heavy (non-hydrogen) atoms. The van der Waals surface area contributed by atoms with Gasteiger partial charge >= 0.3 is 0 Å². The van der Waals surface area contributed by atoms with Crippen LogP contribution in [0.25, 0.3) is 4.96 Å². The minimum atomic E-state index is 0.175. The molecule has 2 aromatic rings. The number of methoxy groups -OCH3 is 1. The first-order valence-corrected chi connectivity index (χ1v) is 7.75.